The van der Waals surface area contributed by atoms with Crippen molar-refractivity contribution in [2.24, 2.45) is 0 Å². The zero-order chi connectivity index (χ0) is 14.1. The van der Waals surface area contributed by atoms with Gasteiger partial charge in [0.2, 0.25) is 0 Å². The monoisotopic (exact) mass is 392 g/mol. The zero-order valence-electron chi connectivity index (χ0n) is 13.8. The Balaban J connectivity index is -0.00000120. The van der Waals surface area contributed by atoms with Crippen LogP contribution >= 0.6 is 0 Å². The summed E-state index contributed by atoms with van der Waals surface area (Å²) < 4.78 is 16.3. The molecule has 22 heavy (non-hydrogen) atoms. The van der Waals surface area contributed by atoms with E-state index in [9.17, 15) is 0 Å². The average molecular weight is 393 g/mol. The molecule has 131 valence electrons. The Bertz CT molecular complexity index is 247. The Morgan fingerprint density at radius 2 is 1.68 bits per heavy atom. The molecular formula is C13H28Cl2N3O3Ti. The molecule has 6 nitrogen and oxygen atoms in total. The molecule has 0 saturated carbocycles. The minimum Gasteiger partial charge on any atom is -1.00 e. The van der Waals surface area contributed by atoms with Gasteiger partial charge in [0.05, 0.1) is 0 Å². The number of halogens is 2. The summed E-state index contributed by atoms with van der Waals surface area (Å²) in [7, 11) is 7.25. The summed E-state index contributed by atoms with van der Waals surface area (Å²) in [5.41, 5.74) is 0. The SMILES string of the molecule is COC1CCNC(OC)CCN(C)C(OC)CC[N-]1.[Cl-].[Cl-].[Ti+3]. The molecule has 1 aliphatic heterocycles. The van der Waals surface area contributed by atoms with Crippen molar-refractivity contribution in [2.75, 3.05) is 48.0 Å². The van der Waals surface area contributed by atoms with Gasteiger partial charge in [-0.1, -0.05) is 0 Å². The molecule has 0 aromatic carbocycles. The fourth-order valence-electron chi connectivity index (χ4n) is 2.27. The third kappa shape index (κ3) is 10.8. The van der Waals surface area contributed by atoms with E-state index in [0.29, 0.717) is 0 Å². The van der Waals surface area contributed by atoms with Gasteiger partial charge < -0.3 is 44.3 Å². The molecule has 1 fully saturated rings. The number of nitrogens with zero attached hydrogens (tertiary/aromatic N) is 2. The standard InChI is InChI=1S/C13H28N3O3.2ClH.Ti/c1-16-10-7-12(18-3)14-8-5-11(17-2)15-9-6-13(16)19-4;;;/h11-14H,5-10H2,1-4H3;2*1H;/q-1;;;+3/p-2. The quantitative estimate of drug-likeness (QED) is 0.487. The van der Waals surface area contributed by atoms with E-state index in [1.807, 2.05) is 0 Å². The Hall–Kier alpha value is 1.05. The van der Waals surface area contributed by atoms with E-state index < -0.39 is 0 Å². The van der Waals surface area contributed by atoms with Crippen LogP contribution in [0.5, 0.6) is 0 Å². The van der Waals surface area contributed by atoms with Crippen LogP contribution < -0.4 is 30.1 Å². The molecule has 1 radical (unpaired) electrons. The molecule has 0 aliphatic carbocycles. The fraction of sp³-hybridized carbons (Fsp3) is 1.00. The number of ether oxygens (including phenoxy) is 3. The first-order chi connectivity index (χ1) is 9.21. The van der Waals surface area contributed by atoms with Crippen LogP contribution in [0.2, 0.25) is 0 Å². The van der Waals surface area contributed by atoms with Crippen molar-refractivity contribution in [3.8, 4) is 0 Å². The smallest absolute Gasteiger partial charge is 1.00 e. The predicted octanol–water partition coefficient (Wildman–Crippen LogP) is -5.01. The molecule has 1 aliphatic rings. The van der Waals surface area contributed by atoms with Gasteiger partial charge in [-0.15, -0.1) is 6.54 Å². The van der Waals surface area contributed by atoms with Crippen molar-refractivity contribution in [3.63, 3.8) is 0 Å². The third-order valence-electron chi connectivity index (χ3n) is 3.54. The van der Waals surface area contributed by atoms with Gasteiger partial charge in [-0.25, -0.2) is 0 Å². The van der Waals surface area contributed by atoms with Crippen LogP contribution in [0.4, 0.5) is 0 Å². The number of nitrogens with one attached hydrogen (secondary N) is 1. The largest absolute Gasteiger partial charge is 3.00 e. The number of hydrogen-bond donors (Lipinski definition) is 1. The van der Waals surface area contributed by atoms with Crippen LogP contribution in [0.3, 0.4) is 0 Å². The van der Waals surface area contributed by atoms with Crippen molar-refractivity contribution >= 4 is 0 Å². The van der Waals surface area contributed by atoms with E-state index in [4.69, 9.17) is 14.2 Å². The van der Waals surface area contributed by atoms with Crippen molar-refractivity contribution in [2.45, 2.75) is 37.9 Å². The second kappa shape index (κ2) is 16.9. The van der Waals surface area contributed by atoms with Gasteiger partial charge in [-0.05, 0) is 39.1 Å². The van der Waals surface area contributed by atoms with Gasteiger partial charge in [-0.2, -0.15) is 0 Å². The van der Waals surface area contributed by atoms with Crippen molar-refractivity contribution in [3.05, 3.63) is 5.32 Å². The third-order valence-corrected chi connectivity index (χ3v) is 3.54. The molecule has 0 aromatic heterocycles. The maximum absolute atomic E-state index is 5.51. The first-order valence-electron chi connectivity index (χ1n) is 6.89. The van der Waals surface area contributed by atoms with Gasteiger partial charge in [0.15, 0.2) is 0 Å². The van der Waals surface area contributed by atoms with Gasteiger partial charge >= 0.3 is 21.7 Å². The summed E-state index contributed by atoms with van der Waals surface area (Å²) in [4.78, 5) is 2.20. The average Bonchev–Trinajstić information content (AvgIpc) is 2.43. The molecule has 9 heteroatoms. The number of hydrogen-bond acceptors (Lipinski definition) is 5. The van der Waals surface area contributed by atoms with Crippen LogP contribution in [0, 0.1) is 0 Å². The molecule has 1 rings (SSSR count). The van der Waals surface area contributed by atoms with E-state index in [1.165, 1.54) is 0 Å². The summed E-state index contributed by atoms with van der Waals surface area (Å²) in [5, 5.41) is 7.92. The summed E-state index contributed by atoms with van der Waals surface area (Å²) in [6.07, 6.45) is 2.80. The predicted molar refractivity (Wildman–Crippen MR) is 75.1 cm³/mol. The molecule has 0 spiro atoms. The second-order valence-electron chi connectivity index (χ2n) is 4.81. The molecule has 0 amide bonds. The summed E-state index contributed by atoms with van der Waals surface area (Å²) in [5.74, 6) is 0. The second-order valence-corrected chi connectivity index (χ2v) is 4.81. The Kier molecular flexibility index (Phi) is 21.4. The number of methoxy groups -OCH3 is 3. The van der Waals surface area contributed by atoms with E-state index >= 15 is 0 Å². The van der Waals surface area contributed by atoms with Crippen molar-refractivity contribution in [1.29, 1.82) is 0 Å². The number of rotatable bonds is 3. The Morgan fingerprint density at radius 3 is 2.23 bits per heavy atom. The first-order valence-corrected chi connectivity index (χ1v) is 6.89. The molecular weight excluding hydrogens is 365 g/mol. The molecule has 1 heterocycles. The fourth-order valence-corrected chi connectivity index (χ4v) is 2.27. The van der Waals surface area contributed by atoms with E-state index in [2.05, 4.69) is 22.6 Å². The Morgan fingerprint density at radius 1 is 1.00 bits per heavy atom. The molecule has 0 bridgehead atoms. The summed E-state index contributed by atoms with van der Waals surface area (Å²) in [6, 6.07) is 0. The normalized spacial score (nSPS) is 28.1. The molecule has 0 aromatic rings. The van der Waals surface area contributed by atoms with Crippen LogP contribution in [0.1, 0.15) is 19.3 Å². The maximum atomic E-state index is 5.51. The van der Waals surface area contributed by atoms with E-state index in [1.54, 1.807) is 21.3 Å². The minimum absolute atomic E-state index is 0. The van der Waals surface area contributed by atoms with Gasteiger partial charge in [0, 0.05) is 27.9 Å². The van der Waals surface area contributed by atoms with Crippen molar-refractivity contribution in [1.82, 2.24) is 10.2 Å². The Labute approximate surface area is 162 Å². The van der Waals surface area contributed by atoms with Gasteiger partial charge in [0.25, 0.3) is 0 Å². The molecule has 1 saturated heterocycles. The van der Waals surface area contributed by atoms with Gasteiger partial charge in [0.1, 0.15) is 12.5 Å². The van der Waals surface area contributed by atoms with Crippen LogP contribution in [0.15, 0.2) is 0 Å². The van der Waals surface area contributed by atoms with E-state index in [-0.39, 0.29) is 65.2 Å². The topological polar surface area (TPSA) is 57.1 Å². The van der Waals surface area contributed by atoms with E-state index in [0.717, 1.165) is 38.9 Å². The molecule has 3 atom stereocenters. The maximum Gasteiger partial charge on any atom is 3.00 e. The molecule has 1 N–H and O–H groups in total. The van der Waals surface area contributed by atoms with Crippen LogP contribution in [0.25, 0.3) is 5.32 Å². The van der Waals surface area contributed by atoms with Gasteiger partial charge in [-0.3, -0.25) is 10.2 Å². The van der Waals surface area contributed by atoms with Crippen LogP contribution in [-0.4, -0.2) is 71.6 Å². The van der Waals surface area contributed by atoms with Crippen LogP contribution in [-0.2, 0) is 35.9 Å². The summed E-state index contributed by atoms with van der Waals surface area (Å²) in [6.45, 7) is 2.53. The molecule has 3 unspecified atom stereocenters. The van der Waals surface area contributed by atoms with Crippen molar-refractivity contribution < 1.29 is 60.7 Å². The minimum atomic E-state index is -0.0488. The first kappa shape index (κ1) is 27.9. The summed E-state index contributed by atoms with van der Waals surface area (Å²) >= 11 is 0. The zero-order valence-corrected chi connectivity index (χ0v) is 16.9.